The predicted octanol–water partition coefficient (Wildman–Crippen LogP) is 3.55. The SMILES string of the molecule is O=Cc1ccc(CCc2ccc(CN=O)cc2)cc1. The van der Waals surface area contributed by atoms with Gasteiger partial charge in [0.2, 0.25) is 0 Å². The van der Waals surface area contributed by atoms with E-state index in [0.717, 1.165) is 24.7 Å². The smallest absolute Gasteiger partial charge is 0.150 e. The van der Waals surface area contributed by atoms with Gasteiger partial charge in [0, 0.05) is 5.56 Å². The van der Waals surface area contributed by atoms with E-state index in [0.29, 0.717) is 5.56 Å². The first-order valence-corrected chi connectivity index (χ1v) is 6.23. The van der Waals surface area contributed by atoms with Crippen molar-refractivity contribution in [1.82, 2.24) is 0 Å². The summed E-state index contributed by atoms with van der Waals surface area (Å²) in [6.45, 7) is 0.230. The van der Waals surface area contributed by atoms with Crippen molar-refractivity contribution in [3.63, 3.8) is 0 Å². The van der Waals surface area contributed by atoms with Gasteiger partial charge in [-0.25, -0.2) is 0 Å². The summed E-state index contributed by atoms with van der Waals surface area (Å²) >= 11 is 0. The zero-order valence-electron chi connectivity index (χ0n) is 10.6. The summed E-state index contributed by atoms with van der Waals surface area (Å²) in [5, 5.41) is 2.87. The minimum atomic E-state index is 0.230. The lowest BCUT2D eigenvalue weighted by Crippen LogP contribution is -1.92. The molecule has 0 aliphatic rings. The number of nitrogens with zero attached hydrogens (tertiary/aromatic N) is 1. The molecule has 0 atom stereocenters. The highest BCUT2D eigenvalue weighted by atomic mass is 16.3. The number of aldehydes is 1. The summed E-state index contributed by atoms with van der Waals surface area (Å²) < 4.78 is 0. The molecule has 2 rings (SSSR count). The lowest BCUT2D eigenvalue weighted by molar-refractivity contribution is 0.112. The highest BCUT2D eigenvalue weighted by molar-refractivity contribution is 5.74. The van der Waals surface area contributed by atoms with Crippen LogP contribution in [0.1, 0.15) is 27.0 Å². The molecule has 0 fully saturated rings. The summed E-state index contributed by atoms with van der Waals surface area (Å²) in [5.41, 5.74) is 4.09. The van der Waals surface area contributed by atoms with Gasteiger partial charge in [-0.1, -0.05) is 53.7 Å². The lowest BCUT2D eigenvalue weighted by atomic mass is 10.0. The summed E-state index contributed by atoms with van der Waals surface area (Å²) in [5.74, 6) is 0. The minimum Gasteiger partial charge on any atom is -0.298 e. The summed E-state index contributed by atoms with van der Waals surface area (Å²) in [4.78, 5) is 20.7. The van der Waals surface area contributed by atoms with Crippen LogP contribution in [0.15, 0.2) is 53.7 Å². The van der Waals surface area contributed by atoms with E-state index >= 15 is 0 Å². The molecule has 0 saturated carbocycles. The van der Waals surface area contributed by atoms with Crippen molar-refractivity contribution in [2.45, 2.75) is 19.4 Å². The quantitative estimate of drug-likeness (QED) is 0.583. The van der Waals surface area contributed by atoms with Crippen LogP contribution in [-0.2, 0) is 19.4 Å². The molecule has 0 aliphatic carbocycles. The number of hydrogen-bond donors (Lipinski definition) is 0. The first-order chi connectivity index (χ1) is 9.31. The normalized spacial score (nSPS) is 10.1. The second-order valence-electron chi connectivity index (χ2n) is 4.46. The molecule has 0 unspecified atom stereocenters. The van der Waals surface area contributed by atoms with Gasteiger partial charge in [0.1, 0.15) is 12.8 Å². The van der Waals surface area contributed by atoms with Crippen LogP contribution in [0.2, 0.25) is 0 Å². The monoisotopic (exact) mass is 253 g/mol. The van der Waals surface area contributed by atoms with Crippen molar-refractivity contribution in [3.8, 4) is 0 Å². The first-order valence-electron chi connectivity index (χ1n) is 6.23. The molecule has 0 radical (unpaired) electrons. The van der Waals surface area contributed by atoms with E-state index in [4.69, 9.17) is 0 Å². The molecule has 2 aromatic carbocycles. The number of nitroso groups, excluding NO2 is 1. The first kappa shape index (κ1) is 13.1. The van der Waals surface area contributed by atoms with Crippen LogP contribution >= 0.6 is 0 Å². The molecule has 0 aliphatic heterocycles. The summed E-state index contributed by atoms with van der Waals surface area (Å²) in [6, 6.07) is 15.6. The van der Waals surface area contributed by atoms with Gasteiger partial charge < -0.3 is 0 Å². The Morgan fingerprint density at radius 3 is 1.74 bits per heavy atom. The Balaban J connectivity index is 1.93. The molecule has 0 spiro atoms. The maximum Gasteiger partial charge on any atom is 0.150 e. The minimum absolute atomic E-state index is 0.230. The maximum absolute atomic E-state index is 10.6. The van der Waals surface area contributed by atoms with Crippen molar-refractivity contribution in [2.24, 2.45) is 5.18 Å². The zero-order valence-corrected chi connectivity index (χ0v) is 10.6. The Bertz CT molecular complexity index is 544. The number of hydrogen-bond acceptors (Lipinski definition) is 3. The highest BCUT2D eigenvalue weighted by Crippen LogP contribution is 2.10. The van der Waals surface area contributed by atoms with Gasteiger partial charge in [0.25, 0.3) is 0 Å². The lowest BCUT2D eigenvalue weighted by Gasteiger charge is -2.03. The summed E-state index contributed by atoms with van der Waals surface area (Å²) in [6.07, 6.45) is 2.73. The van der Waals surface area contributed by atoms with Crippen molar-refractivity contribution >= 4 is 6.29 Å². The Morgan fingerprint density at radius 2 is 1.26 bits per heavy atom. The van der Waals surface area contributed by atoms with E-state index in [1.807, 2.05) is 48.5 Å². The number of benzene rings is 2. The van der Waals surface area contributed by atoms with Crippen molar-refractivity contribution in [3.05, 3.63) is 75.7 Å². The maximum atomic E-state index is 10.6. The van der Waals surface area contributed by atoms with Crippen LogP contribution in [0.5, 0.6) is 0 Å². The van der Waals surface area contributed by atoms with Crippen LogP contribution in [0.25, 0.3) is 0 Å². The summed E-state index contributed by atoms with van der Waals surface area (Å²) in [7, 11) is 0. The predicted molar refractivity (Wildman–Crippen MR) is 75.2 cm³/mol. The van der Waals surface area contributed by atoms with E-state index in [2.05, 4.69) is 5.18 Å². The van der Waals surface area contributed by atoms with Crippen LogP contribution in [0.3, 0.4) is 0 Å². The standard InChI is InChI=1S/C16H15NO2/c18-12-16-9-5-14(6-10-16)2-1-13-3-7-15(8-4-13)11-17-19/h3-10,12H,1-2,11H2. The van der Waals surface area contributed by atoms with Crippen molar-refractivity contribution in [2.75, 3.05) is 0 Å². The molecule has 0 bridgehead atoms. The molecule has 0 amide bonds. The van der Waals surface area contributed by atoms with E-state index in [1.54, 1.807) is 0 Å². The number of aryl methyl sites for hydroxylation is 2. The third kappa shape index (κ3) is 3.85. The second-order valence-corrected chi connectivity index (χ2v) is 4.46. The van der Waals surface area contributed by atoms with Gasteiger partial charge in [-0.3, -0.25) is 4.79 Å². The van der Waals surface area contributed by atoms with Crippen LogP contribution in [0.4, 0.5) is 0 Å². The topological polar surface area (TPSA) is 46.5 Å². The molecule has 0 N–H and O–H groups in total. The molecule has 3 heteroatoms. The van der Waals surface area contributed by atoms with Crippen molar-refractivity contribution in [1.29, 1.82) is 0 Å². The van der Waals surface area contributed by atoms with Crippen LogP contribution < -0.4 is 0 Å². The molecule has 96 valence electrons. The van der Waals surface area contributed by atoms with Gasteiger partial charge in [-0.15, -0.1) is 0 Å². The molecule has 3 nitrogen and oxygen atoms in total. The largest absolute Gasteiger partial charge is 0.298 e. The average Bonchev–Trinajstić information content (AvgIpc) is 2.47. The van der Waals surface area contributed by atoms with Gasteiger partial charge in [-0.2, -0.15) is 4.91 Å². The second kappa shape index (κ2) is 6.59. The van der Waals surface area contributed by atoms with Gasteiger partial charge >= 0.3 is 0 Å². The molecule has 0 aromatic heterocycles. The Morgan fingerprint density at radius 1 is 0.789 bits per heavy atom. The highest BCUT2D eigenvalue weighted by Gasteiger charge is 1.98. The fourth-order valence-corrected chi connectivity index (χ4v) is 1.94. The Kier molecular flexibility index (Phi) is 4.56. The van der Waals surface area contributed by atoms with E-state index in [-0.39, 0.29) is 6.54 Å². The van der Waals surface area contributed by atoms with Gasteiger partial charge in [-0.05, 0) is 29.5 Å². The van der Waals surface area contributed by atoms with Gasteiger partial charge in [0.05, 0.1) is 0 Å². The average molecular weight is 253 g/mol. The van der Waals surface area contributed by atoms with E-state index in [1.165, 1.54) is 11.1 Å². The van der Waals surface area contributed by atoms with Crippen LogP contribution in [-0.4, -0.2) is 6.29 Å². The zero-order chi connectivity index (χ0) is 13.5. The van der Waals surface area contributed by atoms with E-state index in [9.17, 15) is 9.70 Å². The third-order valence-electron chi connectivity index (χ3n) is 3.09. The van der Waals surface area contributed by atoms with Crippen LogP contribution in [0, 0.1) is 4.91 Å². The molecule has 19 heavy (non-hydrogen) atoms. The number of rotatable bonds is 6. The molecule has 2 aromatic rings. The molecule has 0 heterocycles. The fourth-order valence-electron chi connectivity index (χ4n) is 1.94. The number of carbonyl (C=O) groups is 1. The van der Waals surface area contributed by atoms with Crippen molar-refractivity contribution < 1.29 is 4.79 Å². The van der Waals surface area contributed by atoms with Gasteiger partial charge in [0.15, 0.2) is 0 Å². The fraction of sp³-hybridized carbons (Fsp3) is 0.188. The third-order valence-corrected chi connectivity index (χ3v) is 3.09. The van der Waals surface area contributed by atoms with E-state index < -0.39 is 0 Å². The Labute approximate surface area is 112 Å². The Hall–Kier alpha value is -2.29. The number of carbonyl (C=O) groups excluding carboxylic acids is 1. The molecule has 0 saturated heterocycles. The molecular weight excluding hydrogens is 238 g/mol. The molecular formula is C16H15NO2.